The molecule has 1 aliphatic carbocycles. The average molecular weight is 1060 g/mol. The molecule has 388 valence electrons. The minimum atomic E-state index is -5.18. The predicted molar refractivity (Wildman–Crippen MR) is 236 cm³/mol. The highest BCUT2D eigenvalue weighted by molar-refractivity contribution is 7.86. The van der Waals surface area contributed by atoms with Gasteiger partial charge in [-0.1, -0.05) is 37.6 Å². The van der Waals surface area contributed by atoms with Gasteiger partial charge < -0.3 is 29.4 Å². The number of nitrogens with zero attached hydrogens (tertiary/aromatic N) is 6. The van der Waals surface area contributed by atoms with Gasteiger partial charge in [-0.15, -0.1) is 0 Å². The van der Waals surface area contributed by atoms with Crippen LogP contribution in [0.3, 0.4) is 0 Å². The molecule has 2 N–H and O–H groups in total. The number of aliphatic hydroxyl groups excluding tert-OH is 1. The Bertz CT molecular complexity index is 2720. The van der Waals surface area contributed by atoms with E-state index in [-0.39, 0.29) is 90.1 Å². The number of alkyl halides is 8. The number of pyridine rings is 1. The number of aryl methyl sites for hydroxylation is 1. The molecule has 3 atom stereocenters. The number of hydrogen-bond acceptors (Lipinski definition) is 11. The lowest BCUT2D eigenvalue weighted by Gasteiger charge is -2.24. The van der Waals surface area contributed by atoms with E-state index in [1.165, 1.54) is 24.3 Å². The Labute approximate surface area is 405 Å². The van der Waals surface area contributed by atoms with Crippen LogP contribution in [-0.2, 0) is 79.2 Å². The molecule has 2 unspecified atom stereocenters. The van der Waals surface area contributed by atoms with Gasteiger partial charge in [0.2, 0.25) is 5.91 Å². The van der Waals surface area contributed by atoms with Crippen LogP contribution in [0.15, 0.2) is 42.5 Å². The summed E-state index contributed by atoms with van der Waals surface area (Å²) in [6.45, 7) is -0.350. The second-order valence-corrected chi connectivity index (χ2v) is 17.7. The summed E-state index contributed by atoms with van der Waals surface area (Å²) in [5.74, 6) is -9.41. The Kier molecular flexibility index (Phi) is 17.8. The van der Waals surface area contributed by atoms with Gasteiger partial charge >= 0.3 is 18.4 Å². The third kappa shape index (κ3) is 13.2. The highest BCUT2D eigenvalue weighted by Crippen LogP contribution is 2.50. The number of aliphatic hydroxyl groups is 1. The number of aromatic nitrogens is 5. The lowest BCUT2D eigenvalue weighted by atomic mass is 9.93. The topological polar surface area (TPSA) is 172 Å². The molecule has 2 aromatic carbocycles. The molecule has 3 heterocycles. The van der Waals surface area contributed by atoms with Gasteiger partial charge in [-0.25, -0.2) is 17.8 Å². The van der Waals surface area contributed by atoms with Crippen LogP contribution < -0.4 is 9.62 Å². The highest BCUT2D eigenvalue weighted by Gasteiger charge is 2.54. The SMILES string of the molecule is CCc1ccc(-c2ccc(Cl)c3c(N(C(=O)OCCOCCOCCOCCO)S(C)=O)nn(CC(F)(F)F)c23)c(C(Cc2cc(F)cc(F)c2)NC(=O)Cn2nc(C(F)(F)F)c3c2C(F)(F)[C@H](C)C3)n1. The van der Waals surface area contributed by atoms with Crippen molar-refractivity contribution in [3.63, 3.8) is 0 Å². The molecule has 71 heavy (non-hydrogen) atoms. The van der Waals surface area contributed by atoms with Gasteiger partial charge in [0.15, 0.2) is 11.5 Å². The molecule has 6 rings (SSSR count). The van der Waals surface area contributed by atoms with Crippen molar-refractivity contribution in [2.45, 2.75) is 70.5 Å². The molecule has 0 spiro atoms. The van der Waals surface area contributed by atoms with Crippen LogP contribution in [0.1, 0.15) is 53.8 Å². The number of nitrogens with one attached hydrogen (secondary N) is 1. The van der Waals surface area contributed by atoms with Crippen LogP contribution in [-0.4, -0.2) is 111 Å². The van der Waals surface area contributed by atoms with Gasteiger partial charge in [-0.3, -0.25) is 19.1 Å². The van der Waals surface area contributed by atoms with Crippen LogP contribution in [0, 0.1) is 17.6 Å². The molecular formula is C44H46ClF10N7O8S. The molecule has 2 amide bonds. The first-order valence-electron chi connectivity index (χ1n) is 21.6. The zero-order valence-electron chi connectivity index (χ0n) is 37.9. The van der Waals surface area contributed by atoms with E-state index < -0.39 is 126 Å². The van der Waals surface area contributed by atoms with E-state index in [9.17, 15) is 48.9 Å². The number of carbonyl (C=O) groups excluding carboxylic acids is 2. The van der Waals surface area contributed by atoms with Crippen LogP contribution in [0.5, 0.6) is 0 Å². The van der Waals surface area contributed by atoms with E-state index in [2.05, 4.69) is 20.5 Å². The van der Waals surface area contributed by atoms with E-state index >= 15 is 8.78 Å². The molecule has 3 aromatic heterocycles. The van der Waals surface area contributed by atoms with Crippen molar-refractivity contribution in [3.8, 4) is 11.1 Å². The molecule has 27 heteroatoms. The maximum Gasteiger partial charge on any atom is 0.435 e. The molecule has 0 fully saturated rings. The van der Waals surface area contributed by atoms with E-state index in [1.54, 1.807) is 6.92 Å². The summed E-state index contributed by atoms with van der Waals surface area (Å²) in [5, 5.41) is 18.1. The fourth-order valence-electron chi connectivity index (χ4n) is 7.91. The van der Waals surface area contributed by atoms with E-state index in [0.717, 1.165) is 25.3 Å². The second kappa shape index (κ2) is 23.0. The van der Waals surface area contributed by atoms with E-state index in [0.29, 0.717) is 20.7 Å². The van der Waals surface area contributed by atoms with E-state index in [1.807, 2.05) is 0 Å². The van der Waals surface area contributed by atoms with Gasteiger partial charge in [-0.05, 0) is 49.1 Å². The lowest BCUT2D eigenvalue weighted by molar-refractivity contribution is -0.143. The van der Waals surface area contributed by atoms with Crippen molar-refractivity contribution in [2.24, 2.45) is 5.92 Å². The summed E-state index contributed by atoms with van der Waals surface area (Å²) < 4.78 is 181. The Balaban J connectivity index is 1.42. The Morgan fingerprint density at radius 2 is 1.55 bits per heavy atom. The molecule has 0 saturated heterocycles. The van der Waals surface area contributed by atoms with Gasteiger partial charge in [0.25, 0.3) is 5.92 Å². The molecule has 1 aliphatic rings. The second-order valence-electron chi connectivity index (χ2n) is 16.1. The first-order chi connectivity index (χ1) is 33.4. The van der Waals surface area contributed by atoms with Crippen LogP contribution in [0.2, 0.25) is 5.02 Å². The lowest BCUT2D eigenvalue weighted by Crippen LogP contribution is -2.35. The molecule has 5 aromatic rings. The van der Waals surface area contributed by atoms with Crippen LogP contribution in [0.25, 0.3) is 22.0 Å². The van der Waals surface area contributed by atoms with Crippen LogP contribution >= 0.6 is 11.6 Å². The fourth-order valence-corrected chi connectivity index (χ4v) is 8.78. The number of halogens is 11. The number of hydrogen-bond donors (Lipinski definition) is 2. The summed E-state index contributed by atoms with van der Waals surface area (Å²) >= 11 is 6.68. The standard InChI is InChI=1S/C44H46ClF10N7O8S/c1-4-28-5-6-29(36(56-28)33(20-25-18-26(46)21-27(47)19-25)57-34(64)22-60-39-31(17-24(2)43(39,51)52)38(58-60)44(53,54)55)30-7-8-32(45)35-37(30)61(23-42(48,49)50)59-40(35)62(71(3)66)41(65)70-16-15-69-14-13-68-12-11-67-10-9-63/h5-8,18-19,21,24,33,63H,4,9-17,20,22-23H2,1-3H3,(H,57,64)/t24-,33?,71?/m1/s1. The summed E-state index contributed by atoms with van der Waals surface area (Å²) in [5.41, 5.74) is -4.19. The Hall–Kier alpha value is -5.41. The summed E-state index contributed by atoms with van der Waals surface area (Å²) in [6.07, 6.45) is -11.5. The Morgan fingerprint density at radius 1 is 0.930 bits per heavy atom. The predicted octanol–water partition coefficient (Wildman–Crippen LogP) is 8.03. The fraction of sp³-hybridized carbons (Fsp3) is 0.477. The Morgan fingerprint density at radius 3 is 2.14 bits per heavy atom. The smallest absolute Gasteiger partial charge is 0.435 e. The number of ether oxygens (including phenoxy) is 4. The van der Waals surface area contributed by atoms with Crippen molar-refractivity contribution in [1.82, 2.24) is 29.9 Å². The van der Waals surface area contributed by atoms with E-state index in [4.69, 9.17) is 35.7 Å². The number of carbonyl (C=O) groups is 2. The first kappa shape index (κ1) is 54.9. The molecule has 0 bridgehead atoms. The van der Waals surface area contributed by atoms with Crippen LogP contribution in [0.4, 0.5) is 54.5 Å². The molecule has 0 saturated carbocycles. The normalized spacial score (nSPS) is 15.5. The number of rotatable bonds is 22. The van der Waals surface area contributed by atoms with Gasteiger partial charge in [0.05, 0.1) is 73.9 Å². The van der Waals surface area contributed by atoms with Crippen molar-refractivity contribution < 1.29 is 81.8 Å². The van der Waals surface area contributed by atoms with Crippen molar-refractivity contribution in [1.29, 1.82) is 0 Å². The molecular weight excluding hydrogens is 1010 g/mol. The molecule has 0 aliphatic heterocycles. The number of benzene rings is 2. The maximum absolute atomic E-state index is 15.5. The minimum Gasteiger partial charge on any atom is -0.446 e. The summed E-state index contributed by atoms with van der Waals surface area (Å²) in [6, 6.07) is 6.10. The monoisotopic (exact) mass is 1060 g/mol. The van der Waals surface area contributed by atoms with Gasteiger partial charge in [0, 0.05) is 40.6 Å². The summed E-state index contributed by atoms with van der Waals surface area (Å²) in [4.78, 5) is 32.2. The first-order valence-corrected chi connectivity index (χ1v) is 23.5. The number of anilines is 1. The zero-order valence-corrected chi connectivity index (χ0v) is 39.5. The highest BCUT2D eigenvalue weighted by atomic mass is 35.5. The van der Waals surface area contributed by atoms with Crippen molar-refractivity contribution in [3.05, 3.63) is 93.0 Å². The largest absolute Gasteiger partial charge is 0.446 e. The van der Waals surface area contributed by atoms with Crippen molar-refractivity contribution in [2.75, 3.05) is 63.4 Å². The average Bonchev–Trinajstić information content (AvgIpc) is 3.90. The number of fused-ring (bicyclic) bond motifs is 2. The molecule has 0 radical (unpaired) electrons. The maximum atomic E-state index is 15.5. The minimum absolute atomic E-state index is 0.0543. The third-order valence-electron chi connectivity index (χ3n) is 10.9. The molecule has 15 nitrogen and oxygen atoms in total. The quantitative estimate of drug-likeness (QED) is 0.0508. The van der Waals surface area contributed by atoms with Crippen molar-refractivity contribution >= 4 is 51.3 Å². The third-order valence-corrected chi connectivity index (χ3v) is 12.1. The van der Waals surface area contributed by atoms with Gasteiger partial charge in [0.1, 0.15) is 48.0 Å². The zero-order chi connectivity index (χ0) is 52.0. The summed E-state index contributed by atoms with van der Waals surface area (Å²) in [7, 11) is -2.38. The number of amides is 2. The van der Waals surface area contributed by atoms with Gasteiger partial charge in [-0.2, -0.15) is 49.6 Å².